The number of carboxylic acid groups (broad SMARTS) is 1. The van der Waals surface area contributed by atoms with Gasteiger partial charge in [0.2, 0.25) is 5.91 Å². The van der Waals surface area contributed by atoms with E-state index in [1.165, 1.54) is 16.0 Å². The molecule has 8 nitrogen and oxygen atoms in total. The fourth-order valence-electron chi connectivity index (χ4n) is 5.25. The lowest BCUT2D eigenvalue weighted by molar-refractivity contribution is -0.165. The Balaban J connectivity index is 1.13. The summed E-state index contributed by atoms with van der Waals surface area (Å²) >= 11 is 0. The number of morpholine rings is 1. The average Bonchev–Trinajstić information content (AvgIpc) is 3.55. The Labute approximate surface area is 197 Å². The summed E-state index contributed by atoms with van der Waals surface area (Å²) in [6.07, 6.45) is -0.435. The van der Waals surface area contributed by atoms with E-state index in [2.05, 4.69) is 29.6 Å². The predicted octanol–water partition coefficient (Wildman–Crippen LogP) is 2.86. The van der Waals surface area contributed by atoms with E-state index in [9.17, 15) is 19.5 Å². The summed E-state index contributed by atoms with van der Waals surface area (Å²) in [6, 6.07) is 15.3. The van der Waals surface area contributed by atoms with E-state index < -0.39 is 24.2 Å². The van der Waals surface area contributed by atoms with Crippen molar-refractivity contribution in [2.24, 2.45) is 11.8 Å². The van der Waals surface area contributed by atoms with Crippen molar-refractivity contribution in [3.63, 3.8) is 0 Å². The van der Waals surface area contributed by atoms with Crippen molar-refractivity contribution in [1.29, 1.82) is 0 Å². The van der Waals surface area contributed by atoms with Crippen LogP contribution in [0.15, 0.2) is 48.5 Å². The minimum Gasteiger partial charge on any atom is -0.480 e. The summed E-state index contributed by atoms with van der Waals surface area (Å²) in [6.45, 7) is 2.82. The van der Waals surface area contributed by atoms with Gasteiger partial charge in [0.1, 0.15) is 6.61 Å². The zero-order valence-electron chi connectivity index (χ0n) is 19.0. The first-order valence-electron chi connectivity index (χ1n) is 11.7. The zero-order valence-corrected chi connectivity index (χ0v) is 19.0. The van der Waals surface area contributed by atoms with Crippen LogP contribution in [0.3, 0.4) is 0 Å². The molecule has 2 aliphatic carbocycles. The molecule has 2 N–H and O–H groups in total. The van der Waals surface area contributed by atoms with Crippen molar-refractivity contribution in [3.05, 3.63) is 59.7 Å². The molecule has 0 aromatic heterocycles. The Morgan fingerprint density at radius 1 is 1.09 bits per heavy atom. The van der Waals surface area contributed by atoms with Crippen LogP contribution < -0.4 is 5.32 Å². The molecule has 4 atom stereocenters. The molecule has 1 saturated heterocycles. The lowest BCUT2D eigenvalue weighted by atomic mass is 9.98. The second-order valence-corrected chi connectivity index (χ2v) is 9.20. The fraction of sp³-hybridized carbons (Fsp3) is 0.423. The van der Waals surface area contributed by atoms with E-state index in [1.807, 2.05) is 24.3 Å². The number of ether oxygens (including phenoxy) is 2. The van der Waals surface area contributed by atoms with Crippen molar-refractivity contribution in [2.45, 2.75) is 31.4 Å². The molecule has 2 aromatic carbocycles. The van der Waals surface area contributed by atoms with Gasteiger partial charge in [0.15, 0.2) is 6.04 Å². The molecule has 34 heavy (non-hydrogen) atoms. The highest BCUT2D eigenvalue weighted by Gasteiger charge is 2.49. The van der Waals surface area contributed by atoms with Gasteiger partial charge in [-0.25, -0.2) is 9.59 Å². The SMILES string of the molecule is CC1OCCN(C(=O)[C@H]2C[C@H]2CNC(=O)OCC2c3ccccc3-c3ccccc32)C1C(=O)O. The number of hydrogen-bond acceptors (Lipinski definition) is 5. The van der Waals surface area contributed by atoms with Crippen LogP contribution in [-0.2, 0) is 19.1 Å². The van der Waals surface area contributed by atoms with Gasteiger partial charge in [-0.1, -0.05) is 48.5 Å². The summed E-state index contributed by atoms with van der Waals surface area (Å²) in [5.41, 5.74) is 4.64. The van der Waals surface area contributed by atoms with E-state index >= 15 is 0 Å². The van der Waals surface area contributed by atoms with Crippen LogP contribution in [0.2, 0.25) is 0 Å². The number of benzene rings is 2. The second kappa shape index (κ2) is 9.10. The van der Waals surface area contributed by atoms with Crippen molar-refractivity contribution in [1.82, 2.24) is 10.2 Å². The van der Waals surface area contributed by atoms with Crippen LogP contribution in [0.25, 0.3) is 11.1 Å². The third-order valence-corrected chi connectivity index (χ3v) is 7.12. The van der Waals surface area contributed by atoms with E-state index in [0.29, 0.717) is 19.6 Å². The van der Waals surface area contributed by atoms with Gasteiger partial charge in [-0.05, 0) is 41.5 Å². The molecule has 5 rings (SSSR count). The quantitative estimate of drug-likeness (QED) is 0.681. The molecule has 1 saturated carbocycles. The molecule has 3 aliphatic rings. The highest BCUT2D eigenvalue weighted by molar-refractivity contribution is 5.87. The van der Waals surface area contributed by atoms with Gasteiger partial charge < -0.3 is 24.8 Å². The number of carbonyl (C=O) groups is 3. The van der Waals surface area contributed by atoms with Crippen LogP contribution in [0, 0.1) is 11.8 Å². The van der Waals surface area contributed by atoms with E-state index in [0.717, 1.165) is 11.1 Å². The fourth-order valence-corrected chi connectivity index (χ4v) is 5.25. The largest absolute Gasteiger partial charge is 0.480 e. The molecular weight excluding hydrogens is 436 g/mol. The molecule has 1 aliphatic heterocycles. The smallest absolute Gasteiger partial charge is 0.407 e. The number of nitrogens with zero attached hydrogens (tertiary/aromatic N) is 1. The van der Waals surface area contributed by atoms with E-state index in [4.69, 9.17) is 9.47 Å². The van der Waals surface area contributed by atoms with Gasteiger partial charge >= 0.3 is 12.1 Å². The maximum atomic E-state index is 12.9. The van der Waals surface area contributed by atoms with Gasteiger partial charge in [-0.2, -0.15) is 0 Å². The highest BCUT2D eigenvalue weighted by atomic mass is 16.5. The number of rotatable bonds is 6. The molecule has 2 amide bonds. The monoisotopic (exact) mass is 464 g/mol. The number of alkyl carbamates (subject to hydrolysis) is 1. The molecule has 0 spiro atoms. The Bertz CT molecular complexity index is 1070. The van der Waals surface area contributed by atoms with Gasteiger partial charge in [0, 0.05) is 24.9 Å². The number of amides is 2. The molecule has 1 heterocycles. The zero-order chi connectivity index (χ0) is 23.8. The van der Waals surface area contributed by atoms with Crippen molar-refractivity contribution < 1.29 is 29.0 Å². The summed E-state index contributed by atoms with van der Waals surface area (Å²) in [5, 5.41) is 12.3. The van der Waals surface area contributed by atoms with Crippen molar-refractivity contribution in [3.8, 4) is 11.1 Å². The third-order valence-electron chi connectivity index (χ3n) is 7.12. The molecule has 8 heteroatoms. The number of carbonyl (C=O) groups excluding carboxylic acids is 2. The Morgan fingerprint density at radius 2 is 1.74 bits per heavy atom. The summed E-state index contributed by atoms with van der Waals surface area (Å²) in [7, 11) is 0. The number of fused-ring (bicyclic) bond motifs is 3. The lowest BCUT2D eigenvalue weighted by Gasteiger charge is -2.37. The highest BCUT2D eigenvalue weighted by Crippen LogP contribution is 2.44. The Hall–Kier alpha value is -3.39. The van der Waals surface area contributed by atoms with Crippen LogP contribution in [0.1, 0.15) is 30.4 Å². The summed E-state index contributed by atoms with van der Waals surface area (Å²) < 4.78 is 11.0. The normalized spacial score (nSPS) is 25.3. The van der Waals surface area contributed by atoms with Crippen molar-refractivity contribution in [2.75, 3.05) is 26.3 Å². The molecule has 2 fully saturated rings. The maximum Gasteiger partial charge on any atom is 0.407 e. The topological polar surface area (TPSA) is 105 Å². The number of carboxylic acids is 1. The second-order valence-electron chi connectivity index (χ2n) is 9.20. The standard InChI is InChI=1S/C26H28N2O6/c1-15-23(25(30)31)28(10-11-33-15)24(29)21-12-16(21)13-27-26(32)34-14-22-19-8-4-2-6-17(19)18-7-3-5-9-20(18)22/h2-9,15-16,21-23H,10-14H2,1H3,(H,27,32)(H,30,31)/t15?,16-,21-,23?/m0/s1. The van der Waals surface area contributed by atoms with Crippen LogP contribution in [0.4, 0.5) is 4.79 Å². The lowest BCUT2D eigenvalue weighted by Crippen LogP contribution is -2.57. The minimum absolute atomic E-state index is 0.00957. The van der Waals surface area contributed by atoms with Crippen LogP contribution >= 0.6 is 0 Å². The third kappa shape index (κ3) is 4.14. The molecule has 0 bridgehead atoms. The minimum atomic E-state index is -1.06. The first kappa shape index (κ1) is 22.4. The van der Waals surface area contributed by atoms with Gasteiger partial charge in [0.05, 0.1) is 12.7 Å². The van der Waals surface area contributed by atoms with Crippen molar-refractivity contribution >= 4 is 18.0 Å². The summed E-state index contributed by atoms with van der Waals surface area (Å²) in [5.74, 6) is -1.54. The summed E-state index contributed by atoms with van der Waals surface area (Å²) in [4.78, 5) is 38.3. The van der Waals surface area contributed by atoms with Crippen LogP contribution in [-0.4, -0.2) is 66.4 Å². The first-order chi connectivity index (χ1) is 16.5. The molecule has 2 unspecified atom stereocenters. The van der Waals surface area contributed by atoms with Crippen LogP contribution in [0.5, 0.6) is 0 Å². The predicted molar refractivity (Wildman–Crippen MR) is 123 cm³/mol. The van der Waals surface area contributed by atoms with E-state index in [1.54, 1.807) is 6.92 Å². The Kier molecular flexibility index (Phi) is 6.00. The Morgan fingerprint density at radius 3 is 2.38 bits per heavy atom. The van der Waals surface area contributed by atoms with E-state index in [-0.39, 0.29) is 36.8 Å². The maximum absolute atomic E-state index is 12.9. The van der Waals surface area contributed by atoms with Gasteiger partial charge in [-0.15, -0.1) is 0 Å². The molecule has 2 aromatic rings. The first-order valence-corrected chi connectivity index (χ1v) is 11.7. The molecule has 0 radical (unpaired) electrons. The molecule has 178 valence electrons. The number of nitrogens with one attached hydrogen (secondary N) is 1. The number of hydrogen-bond donors (Lipinski definition) is 2. The molecular formula is C26H28N2O6. The average molecular weight is 465 g/mol. The van der Waals surface area contributed by atoms with Gasteiger partial charge in [-0.3, -0.25) is 4.79 Å². The number of aliphatic carboxylic acids is 1. The van der Waals surface area contributed by atoms with Gasteiger partial charge in [0.25, 0.3) is 0 Å².